The van der Waals surface area contributed by atoms with Crippen LogP contribution in [0.5, 0.6) is 0 Å². The van der Waals surface area contributed by atoms with Gasteiger partial charge in [-0.25, -0.2) is 9.97 Å². The molecule has 4 rings (SSSR count). The average molecular weight is 487 g/mol. The number of carbonyl (C=O) groups excluding carboxylic acids is 1. The molecule has 1 atom stereocenters. The zero-order valence-corrected chi connectivity index (χ0v) is 19.2. The van der Waals surface area contributed by atoms with Crippen molar-refractivity contribution in [2.24, 2.45) is 0 Å². The molecule has 1 N–H and O–H groups in total. The molecule has 1 unspecified atom stereocenters. The van der Waals surface area contributed by atoms with Crippen molar-refractivity contribution in [2.75, 3.05) is 38.7 Å². The molecular weight excluding hydrogens is 463 g/mol. The van der Waals surface area contributed by atoms with Crippen LogP contribution in [0.4, 0.5) is 24.8 Å². The molecule has 1 aliphatic heterocycles. The van der Waals surface area contributed by atoms with Gasteiger partial charge in [0.25, 0.3) is 5.91 Å². The molecule has 8 nitrogen and oxygen atoms in total. The number of aromatic nitrogens is 3. The molecule has 1 fully saturated rings. The van der Waals surface area contributed by atoms with Crippen molar-refractivity contribution < 1.29 is 27.4 Å². The van der Waals surface area contributed by atoms with Gasteiger partial charge in [0.2, 0.25) is 5.95 Å². The zero-order valence-electron chi connectivity index (χ0n) is 19.2. The summed E-state index contributed by atoms with van der Waals surface area (Å²) in [7, 11) is 1.59. The Labute approximate surface area is 200 Å². The topological polar surface area (TPSA) is 89.5 Å². The fourth-order valence-electron chi connectivity index (χ4n) is 3.77. The number of hydrogen-bond acceptors (Lipinski definition) is 7. The first kappa shape index (κ1) is 24.6. The van der Waals surface area contributed by atoms with Crippen molar-refractivity contribution in [3.05, 3.63) is 65.7 Å². The molecule has 0 bridgehead atoms. The standard InChI is InChI=1S/C24H24F3N5O3/c1-15-9-17(11-18(10-15)30-23-28-6-5-21(31-23)24(25,26)27)16-3-4-20(29-12-16)22(33)32-7-8-35-19(13-32)14-34-2/h3-6,9-12,19H,7-8,13-14H2,1-2H3,(H,28,30,31). The highest BCUT2D eigenvalue weighted by molar-refractivity contribution is 5.92. The maximum atomic E-state index is 13.0. The van der Waals surface area contributed by atoms with E-state index in [0.29, 0.717) is 37.7 Å². The third kappa shape index (κ3) is 6.11. The fraction of sp³-hybridized carbons (Fsp3) is 0.333. The van der Waals surface area contributed by atoms with Crippen molar-refractivity contribution in [3.8, 4) is 11.1 Å². The highest BCUT2D eigenvalue weighted by Gasteiger charge is 2.32. The molecule has 2 aromatic heterocycles. The molecule has 3 heterocycles. The maximum absolute atomic E-state index is 13.0. The van der Waals surface area contributed by atoms with Gasteiger partial charge in [-0.3, -0.25) is 9.78 Å². The number of pyridine rings is 1. The van der Waals surface area contributed by atoms with Gasteiger partial charge in [-0.15, -0.1) is 0 Å². The molecule has 0 aliphatic carbocycles. The van der Waals surface area contributed by atoms with Gasteiger partial charge in [0, 0.05) is 43.8 Å². The van der Waals surface area contributed by atoms with E-state index in [1.165, 1.54) is 0 Å². The van der Waals surface area contributed by atoms with Crippen LogP contribution in [0.2, 0.25) is 0 Å². The molecule has 3 aromatic rings. The van der Waals surface area contributed by atoms with Crippen LogP contribution in [0.25, 0.3) is 11.1 Å². The van der Waals surface area contributed by atoms with E-state index in [0.717, 1.165) is 29.0 Å². The number of ether oxygens (including phenoxy) is 2. The quantitative estimate of drug-likeness (QED) is 0.560. The number of nitrogens with one attached hydrogen (secondary N) is 1. The molecular formula is C24H24F3N5O3. The van der Waals surface area contributed by atoms with Crippen molar-refractivity contribution >= 4 is 17.5 Å². The van der Waals surface area contributed by atoms with Gasteiger partial charge < -0.3 is 19.7 Å². The normalized spacial score (nSPS) is 16.3. The predicted molar refractivity (Wildman–Crippen MR) is 122 cm³/mol. The fourth-order valence-corrected chi connectivity index (χ4v) is 3.77. The summed E-state index contributed by atoms with van der Waals surface area (Å²) in [5.74, 6) is -0.345. The smallest absolute Gasteiger partial charge is 0.382 e. The second kappa shape index (κ2) is 10.4. The number of amides is 1. The summed E-state index contributed by atoms with van der Waals surface area (Å²) in [5, 5.41) is 2.83. The van der Waals surface area contributed by atoms with Gasteiger partial charge in [-0.05, 0) is 42.3 Å². The lowest BCUT2D eigenvalue weighted by Gasteiger charge is -2.32. The van der Waals surface area contributed by atoms with E-state index in [-0.39, 0.29) is 18.0 Å². The van der Waals surface area contributed by atoms with E-state index in [2.05, 4.69) is 20.3 Å². The van der Waals surface area contributed by atoms with Gasteiger partial charge >= 0.3 is 6.18 Å². The summed E-state index contributed by atoms with van der Waals surface area (Å²) in [4.78, 5) is 26.3. The molecule has 11 heteroatoms. The van der Waals surface area contributed by atoms with Gasteiger partial charge in [0.15, 0.2) is 0 Å². The van der Waals surface area contributed by atoms with Gasteiger partial charge in [0.05, 0.1) is 19.3 Å². The summed E-state index contributed by atoms with van der Waals surface area (Å²) in [6, 6.07) is 9.69. The Bertz CT molecular complexity index is 1190. The van der Waals surface area contributed by atoms with E-state index in [9.17, 15) is 18.0 Å². The number of alkyl halides is 3. The van der Waals surface area contributed by atoms with Gasteiger partial charge in [-0.1, -0.05) is 12.1 Å². The Balaban J connectivity index is 1.50. The molecule has 0 saturated carbocycles. The number of benzene rings is 1. The van der Waals surface area contributed by atoms with Crippen LogP contribution < -0.4 is 5.32 Å². The number of halogens is 3. The van der Waals surface area contributed by atoms with Crippen LogP contribution in [-0.2, 0) is 15.7 Å². The third-order valence-electron chi connectivity index (χ3n) is 5.37. The van der Waals surface area contributed by atoms with E-state index >= 15 is 0 Å². The second-order valence-corrected chi connectivity index (χ2v) is 8.11. The Hall–Kier alpha value is -3.57. The zero-order chi connectivity index (χ0) is 25.0. The van der Waals surface area contributed by atoms with E-state index in [4.69, 9.17) is 9.47 Å². The molecule has 1 aliphatic rings. The summed E-state index contributed by atoms with van der Waals surface area (Å²) >= 11 is 0. The summed E-state index contributed by atoms with van der Waals surface area (Å²) in [6.07, 6.45) is -2.08. The minimum absolute atomic E-state index is 0.160. The molecule has 35 heavy (non-hydrogen) atoms. The maximum Gasteiger partial charge on any atom is 0.433 e. The van der Waals surface area contributed by atoms with Crippen LogP contribution >= 0.6 is 0 Å². The van der Waals surface area contributed by atoms with Crippen molar-refractivity contribution in [3.63, 3.8) is 0 Å². The predicted octanol–water partition coefficient (Wildman–Crippen LogP) is 4.10. The lowest BCUT2D eigenvalue weighted by Crippen LogP contribution is -2.47. The number of anilines is 2. The Morgan fingerprint density at radius 2 is 2.03 bits per heavy atom. The highest BCUT2D eigenvalue weighted by Crippen LogP contribution is 2.29. The number of morpholine rings is 1. The van der Waals surface area contributed by atoms with Crippen molar-refractivity contribution in [2.45, 2.75) is 19.2 Å². The molecule has 1 saturated heterocycles. The molecule has 1 aromatic carbocycles. The minimum atomic E-state index is -4.56. The molecule has 0 radical (unpaired) electrons. The summed E-state index contributed by atoms with van der Waals surface area (Å²) < 4.78 is 49.6. The van der Waals surface area contributed by atoms with Crippen LogP contribution in [0.3, 0.4) is 0 Å². The SMILES string of the molecule is COCC1CN(C(=O)c2ccc(-c3cc(C)cc(Nc4nccc(C(F)(F)F)n4)c3)cn2)CCO1. The Morgan fingerprint density at radius 3 is 2.74 bits per heavy atom. The van der Waals surface area contributed by atoms with Crippen molar-refractivity contribution in [1.82, 2.24) is 19.9 Å². The molecule has 1 amide bonds. The summed E-state index contributed by atoms with van der Waals surface area (Å²) in [6.45, 7) is 3.62. The van der Waals surface area contributed by atoms with Crippen LogP contribution in [-0.4, -0.2) is 65.3 Å². The van der Waals surface area contributed by atoms with Crippen molar-refractivity contribution in [1.29, 1.82) is 0 Å². The minimum Gasteiger partial charge on any atom is -0.382 e. The number of nitrogens with zero attached hydrogens (tertiary/aromatic N) is 4. The van der Waals surface area contributed by atoms with Crippen LogP contribution in [0.1, 0.15) is 21.7 Å². The second-order valence-electron chi connectivity index (χ2n) is 8.11. The Morgan fingerprint density at radius 1 is 1.20 bits per heavy atom. The van der Waals surface area contributed by atoms with Crippen LogP contribution in [0.15, 0.2) is 48.8 Å². The average Bonchev–Trinajstić information content (AvgIpc) is 2.83. The van der Waals surface area contributed by atoms with Gasteiger partial charge in [0.1, 0.15) is 11.4 Å². The summed E-state index contributed by atoms with van der Waals surface area (Å²) in [5.41, 5.74) is 2.21. The number of aryl methyl sites for hydroxylation is 1. The number of rotatable bonds is 6. The highest BCUT2D eigenvalue weighted by atomic mass is 19.4. The van der Waals surface area contributed by atoms with Crippen LogP contribution in [0, 0.1) is 6.92 Å². The first-order valence-electron chi connectivity index (χ1n) is 10.9. The molecule has 184 valence electrons. The lowest BCUT2D eigenvalue weighted by atomic mass is 10.0. The lowest BCUT2D eigenvalue weighted by molar-refractivity contribution is -0.141. The first-order valence-corrected chi connectivity index (χ1v) is 10.9. The number of carbonyl (C=O) groups is 1. The molecule has 0 spiro atoms. The number of methoxy groups -OCH3 is 1. The van der Waals surface area contributed by atoms with E-state index in [1.54, 1.807) is 42.5 Å². The first-order chi connectivity index (χ1) is 16.7. The largest absolute Gasteiger partial charge is 0.433 e. The van der Waals surface area contributed by atoms with E-state index < -0.39 is 11.9 Å². The van der Waals surface area contributed by atoms with E-state index in [1.807, 2.05) is 13.0 Å². The third-order valence-corrected chi connectivity index (χ3v) is 5.37. The Kier molecular flexibility index (Phi) is 7.27. The number of hydrogen-bond donors (Lipinski definition) is 1. The monoisotopic (exact) mass is 487 g/mol. The van der Waals surface area contributed by atoms with Gasteiger partial charge in [-0.2, -0.15) is 13.2 Å².